The van der Waals surface area contributed by atoms with Gasteiger partial charge in [-0.1, -0.05) is 19.1 Å². The fourth-order valence-corrected chi connectivity index (χ4v) is 1.40. The SMILES string of the molecule is CCCOC[CH]OOC(=O)c1cccc(C)c1C. The molecule has 1 radical (unpaired) electrons. The highest BCUT2D eigenvalue weighted by Crippen LogP contribution is 2.13. The molecule has 0 saturated heterocycles. The first kappa shape index (κ1) is 14.7. The van der Waals surface area contributed by atoms with Gasteiger partial charge in [-0.2, -0.15) is 4.89 Å². The molecule has 0 fully saturated rings. The summed E-state index contributed by atoms with van der Waals surface area (Å²) < 4.78 is 5.14. The number of benzene rings is 1. The average molecular weight is 251 g/mol. The van der Waals surface area contributed by atoms with Crippen LogP contribution >= 0.6 is 0 Å². The van der Waals surface area contributed by atoms with Gasteiger partial charge in [-0.3, -0.25) is 4.89 Å². The molecule has 0 saturated carbocycles. The van der Waals surface area contributed by atoms with Crippen molar-refractivity contribution < 1.29 is 19.3 Å². The minimum absolute atomic E-state index is 0.300. The lowest BCUT2D eigenvalue weighted by molar-refractivity contribution is -0.218. The highest BCUT2D eigenvalue weighted by Gasteiger charge is 2.12. The minimum atomic E-state index is -0.497. The maximum absolute atomic E-state index is 11.7. The van der Waals surface area contributed by atoms with E-state index >= 15 is 0 Å². The molecular weight excluding hydrogens is 232 g/mol. The van der Waals surface area contributed by atoms with E-state index in [0.717, 1.165) is 17.5 Å². The highest BCUT2D eigenvalue weighted by atomic mass is 17.2. The lowest BCUT2D eigenvalue weighted by atomic mass is 10.0. The van der Waals surface area contributed by atoms with Gasteiger partial charge in [-0.05, 0) is 37.5 Å². The Morgan fingerprint density at radius 3 is 2.83 bits per heavy atom. The lowest BCUT2D eigenvalue weighted by Gasteiger charge is -2.07. The maximum Gasteiger partial charge on any atom is 0.373 e. The van der Waals surface area contributed by atoms with Gasteiger partial charge in [-0.15, -0.1) is 0 Å². The van der Waals surface area contributed by atoms with E-state index in [2.05, 4.69) is 4.89 Å². The molecule has 0 bridgehead atoms. The van der Waals surface area contributed by atoms with Crippen molar-refractivity contribution in [2.45, 2.75) is 27.2 Å². The van der Waals surface area contributed by atoms with Gasteiger partial charge in [0.25, 0.3) is 0 Å². The molecule has 4 nitrogen and oxygen atoms in total. The standard InChI is InChI=1S/C14H19O4/c1-4-8-16-9-10-17-18-14(15)13-7-5-6-11(2)12(13)3/h5-7,10H,4,8-9H2,1-3H3. The van der Waals surface area contributed by atoms with Crippen LogP contribution < -0.4 is 0 Å². The summed E-state index contributed by atoms with van der Waals surface area (Å²) in [7, 11) is 0. The fourth-order valence-electron chi connectivity index (χ4n) is 1.40. The fraction of sp³-hybridized carbons (Fsp3) is 0.429. The molecule has 0 N–H and O–H groups in total. The Kier molecular flexibility index (Phi) is 6.39. The zero-order valence-electron chi connectivity index (χ0n) is 11.1. The van der Waals surface area contributed by atoms with E-state index in [0.29, 0.717) is 18.8 Å². The van der Waals surface area contributed by atoms with Crippen LogP contribution in [0.3, 0.4) is 0 Å². The second-order valence-corrected chi connectivity index (χ2v) is 3.96. The van der Waals surface area contributed by atoms with Gasteiger partial charge in [0, 0.05) is 6.61 Å². The summed E-state index contributed by atoms with van der Waals surface area (Å²) in [5.74, 6) is -0.497. The van der Waals surface area contributed by atoms with Crippen LogP contribution in [-0.2, 0) is 14.5 Å². The van der Waals surface area contributed by atoms with Crippen LogP contribution in [0.25, 0.3) is 0 Å². The van der Waals surface area contributed by atoms with Crippen molar-refractivity contribution in [3.05, 3.63) is 41.5 Å². The van der Waals surface area contributed by atoms with E-state index in [1.807, 2.05) is 32.9 Å². The number of carbonyl (C=O) groups excluding carboxylic acids is 1. The molecule has 99 valence electrons. The molecule has 18 heavy (non-hydrogen) atoms. The molecule has 0 aliphatic carbocycles. The van der Waals surface area contributed by atoms with Crippen LogP contribution in [0.5, 0.6) is 0 Å². The van der Waals surface area contributed by atoms with Crippen molar-refractivity contribution in [1.82, 2.24) is 0 Å². The van der Waals surface area contributed by atoms with Crippen LogP contribution in [0, 0.1) is 20.5 Å². The minimum Gasteiger partial charge on any atom is -0.378 e. The molecule has 0 aromatic heterocycles. The summed E-state index contributed by atoms with van der Waals surface area (Å²) in [5.41, 5.74) is 2.45. The van der Waals surface area contributed by atoms with Crippen molar-refractivity contribution in [3.63, 3.8) is 0 Å². The Bertz CT molecular complexity index is 387. The summed E-state index contributed by atoms with van der Waals surface area (Å²) in [6, 6.07) is 5.46. The van der Waals surface area contributed by atoms with Crippen LogP contribution in [0.15, 0.2) is 18.2 Å². The van der Waals surface area contributed by atoms with Crippen molar-refractivity contribution in [3.8, 4) is 0 Å². The largest absolute Gasteiger partial charge is 0.378 e. The van der Waals surface area contributed by atoms with Crippen molar-refractivity contribution in [1.29, 1.82) is 0 Å². The molecule has 0 atom stereocenters. The van der Waals surface area contributed by atoms with Crippen LogP contribution in [0.2, 0.25) is 0 Å². The summed E-state index contributed by atoms with van der Waals surface area (Å²) in [6.45, 7) is 8.11. The normalized spacial score (nSPS) is 10.4. The Hall–Kier alpha value is -1.39. The topological polar surface area (TPSA) is 44.8 Å². The third kappa shape index (κ3) is 4.47. The molecule has 0 amide bonds. The van der Waals surface area contributed by atoms with Gasteiger partial charge >= 0.3 is 5.97 Å². The van der Waals surface area contributed by atoms with Gasteiger partial charge in [0.1, 0.15) is 0 Å². The van der Waals surface area contributed by atoms with Gasteiger partial charge in [-0.25, -0.2) is 4.79 Å². The molecule has 4 heteroatoms. The quantitative estimate of drug-likeness (QED) is 0.424. The predicted molar refractivity (Wildman–Crippen MR) is 67.8 cm³/mol. The Morgan fingerprint density at radius 2 is 2.11 bits per heavy atom. The highest BCUT2D eigenvalue weighted by molar-refractivity contribution is 5.90. The number of hydrogen-bond donors (Lipinski definition) is 0. The molecule has 1 aromatic carbocycles. The zero-order valence-corrected chi connectivity index (χ0v) is 11.1. The van der Waals surface area contributed by atoms with Crippen LogP contribution in [0.1, 0.15) is 34.8 Å². The third-order valence-electron chi connectivity index (χ3n) is 2.55. The van der Waals surface area contributed by atoms with E-state index in [4.69, 9.17) is 9.62 Å². The molecular formula is C14H19O4. The summed E-state index contributed by atoms with van der Waals surface area (Å²) in [4.78, 5) is 21.1. The Labute approximate surface area is 108 Å². The predicted octanol–water partition coefficient (Wildman–Crippen LogP) is 2.98. The molecule has 0 spiro atoms. The molecule has 0 aliphatic heterocycles. The van der Waals surface area contributed by atoms with Crippen molar-refractivity contribution >= 4 is 5.97 Å². The van der Waals surface area contributed by atoms with Crippen molar-refractivity contribution in [2.75, 3.05) is 13.2 Å². The van der Waals surface area contributed by atoms with Gasteiger partial charge in [0.05, 0.1) is 12.2 Å². The first-order valence-corrected chi connectivity index (χ1v) is 6.00. The maximum atomic E-state index is 11.7. The first-order chi connectivity index (χ1) is 8.66. The van der Waals surface area contributed by atoms with E-state index in [9.17, 15) is 4.79 Å². The number of rotatable bonds is 7. The molecule has 0 heterocycles. The van der Waals surface area contributed by atoms with Gasteiger partial charge in [0.2, 0.25) is 0 Å². The zero-order chi connectivity index (χ0) is 13.4. The summed E-state index contributed by atoms with van der Waals surface area (Å²) in [5, 5.41) is 0. The van der Waals surface area contributed by atoms with Crippen LogP contribution in [-0.4, -0.2) is 19.2 Å². The number of carbonyl (C=O) groups is 1. The monoisotopic (exact) mass is 251 g/mol. The molecule has 0 aliphatic rings. The molecule has 1 aromatic rings. The third-order valence-corrected chi connectivity index (χ3v) is 2.55. The number of aryl methyl sites for hydroxylation is 1. The van der Waals surface area contributed by atoms with Gasteiger partial charge in [0.15, 0.2) is 6.61 Å². The average Bonchev–Trinajstić information content (AvgIpc) is 2.36. The number of hydrogen-bond acceptors (Lipinski definition) is 4. The Morgan fingerprint density at radius 1 is 1.33 bits per heavy atom. The molecule has 0 unspecified atom stereocenters. The van der Waals surface area contributed by atoms with Crippen LogP contribution in [0.4, 0.5) is 0 Å². The van der Waals surface area contributed by atoms with E-state index in [-0.39, 0.29) is 0 Å². The van der Waals surface area contributed by atoms with Gasteiger partial charge < -0.3 is 4.74 Å². The van der Waals surface area contributed by atoms with E-state index < -0.39 is 5.97 Å². The lowest BCUT2D eigenvalue weighted by Crippen LogP contribution is -2.09. The van der Waals surface area contributed by atoms with E-state index in [1.54, 1.807) is 6.07 Å². The number of ether oxygens (including phenoxy) is 1. The Balaban J connectivity index is 2.35. The van der Waals surface area contributed by atoms with E-state index in [1.165, 1.54) is 6.61 Å². The second-order valence-electron chi connectivity index (χ2n) is 3.96. The summed E-state index contributed by atoms with van der Waals surface area (Å²) in [6.07, 6.45) is 0.941. The smallest absolute Gasteiger partial charge is 0.373 e. The van der Waals surface area contributed by atoms with Crippen molar-refractivity contribution in [2.24, 2.45) is 0 Å². The first-order valence-electron chi connectivity index (χ1n) is 6.00. The molecule has 1 rings (SSSR count). The summed E-state index contributed by atoms with van der Waals surface area (Å²) >= 11 is 0. The second kappa shape index (κ2) is 7.84.